The summed E-state index contributed by atoms with van der Waals surface area (Å²) in [6, 6.07) is 8.23. The number of rotatable bonds is 6. The van der Waals surface area contributed by atoms with Gasteiger partial charge in [-0.1, -0.05) is 6.07 Å². The van der Waals surface area contributed by atoms with Crippen molar-refractivity contribution in [1.29, 1.82) is 5.26 Å². The third-order valence-corrected chi connectivity index (χ3v) is 5.72. The number of benzene rings is 1. The van der Waals surface area contributed by atoms with Gasteiger partial charge in [0.15, 0.2) is 0 Å². The average Bonchev–Trinajstić information content (AvgIpc) is 2.87. The second-order valence-electron chi connectivity index (χ2n) is 8.40. The molecule has 1 amide bonds. The van der Waals surface area contributed by atoms with Crippen LogP contribution < -0.4 is 15.5 Å². The van der Waals surface area contributed by atoms with E-state index in [0.29, 0.717) is 41.5 Å². The fraction of sp³-hybridized carbons (Fsp3) is 0.292. The Morgan fingerprint density at radius 2 is 1.87 bits per heavy atom. The van der Waals surface area contributed by atoms with Crippen LogP contribution in [-0.2, 0) is 30.4 Å². The quantitative estimate of drug-likeness (QED) is 0.454. The van der Waals surface area contributed by atoms with E-state index in [1.165, 1.54) is 18.6 Å². The molecule has 0 saturated heterocycles. The molecule has 3 heterocycles. The number of pyridine rings is 1. The summed E-state index contributed by atoms with van der Waals surface area (Å²) in [4.78, 5) is 26.1. The molecule has 0 bridgehead atoms. The SMILES string of the molecule is N#Cc1ccc(N2CCc3c(ncnc3Nc3ccc(CC(=O)NCC(F)(F)F)cn3)C2)cc1C(F)(F)F. The van der Waals surface area contributed by atoms with Gasteiger partial charge >= 0.3 is 12.4 Å². The number of hydrogen-bond donors (Lipinski definition) is 2. The Balaban J connectivity index is 1.44. The summed E-state index contributed by atoms with van der Waals surface area (Å²) < 4.78 is 76.8. The second-order valence-corrected chi connectivity index (χ2v) is 8.40. The maximum absolute atomic E-state index is 13.4. The molecule has 1 aromatic carbocycles. The molecule has 0 saturated carbocycles. The zero-order valence-corrected chi connectivity index (χ0v) is 19.5. The van der Waals surface area contributed by atoms with E-state index in [-0.39, 0.29) is 13.0 Å². The van der Waals surface area contributed by atoms with E-state index < -0.39 is 35.9 Å². The zero-order valence-electron chi connectivity index (χ0n) is 19.5. The molecule has 0 atom stereocenters. The summed E-state index contributed by atoms with van der Waals surface area (Å²) in [7, 11) is 0. The van der Waals surface area contributed by atoms with Gasteiger partial charge in [0.2, 0.25) is 5.91 Å². The molecule has 198 valence electrons. The predicted octanol–water partition coefficient (Wildman–Crippen LogP) is 4.29. The minimum atomic E-state index is -4.66. The number of anilines is 3. The van der Waals surface area contributed by atoms with Crippen LogP contribution in [0.1, 0.15) is 27.9 Å². The molecule has 38 heavy (non-hydrogen) atoms. The standard InChI is InChI=1S/C24H19F6N7O/c25-23(26,27)12-33-21(38)7-14-1-4-20(32-10-14)36-22-17-5-6-37(11-19(17)34-13-35-22)16-3-2-15(9-31)18(8-16)24(28,29)30/h1-4,8,10,13H,5-7,11-12H2,(H,33,38)(H,32,34,35,36). The smallest absolute Gasteiger partial charge is 0.365 e. The first-order chi connectivity index (χ1) is 17.9. The lowest BCUT2D eigenvalue weighted by atomic mass is 10.0. The first kappa shape index (κ1) is 26.6. The summed E-state index contributed by atoms with van der Waals surface area (Å²) in [5.74, 6) is 0.0344. The number of carbonyl (C=O) groups is 1. The Hall–Kier alpha value is -4.41. The van der Waals surface area contributed by atoms with Crippen molar-refractivity contribution in [3.05, 3.63) is 70.8 Å². The van der Waals surface area contributed by atoms with E-state index in [2.05, 4.69) is 20.3 Å². The number of alkyl halides is 6. The lowest BCUT2D eigenvalue weighted by Crippen LogP contribution is -2.34. The second kappa shape index (κ2) is 10.5. The number of carbonyl (C=O) groups excluding carboxylic acids is 1. The highest BCUT2D eigenvalue weighted by Crippen LogP contribution is 2.36. The van der Waals surface area contributed by atoms with Crippen LogP contribution in [0, 0.1) is 11.3 Å². The van der Waals surface area contributed by atoms with E-state index in [9.17, 15) is 31.1 Å². The fourth-order valence-corrected chi connectivity index (χ4v) is 3.91. The first-order valence-electron chi connectivity index (χ1n) is 11.2. The van der Waals surface area contributed by atoms with Crippen molar-refractivity contribution in [3.8, 4) is 6.07 Å². The molecule has 1 aliphatic rings. The number of hydrogen-bond acceptors (Lipinski definition) is 7. The summed E-state index contributed by atoms with van der Waals surface area (Å²) in [5.41, 5.74) is 0.631. The van der Waals surface area contributed by atoms with Gasteiger partial charge in [-0.2, -0.15) is 31.6 Å². The third-order valence-electron chi connectivity index (χ3n) is 5.72. The van der Waals surface area contributed by atoms with Crippen LogP contribution in [0.15, 0.2) is 42.9 Å². The lowest BCUT2D eigenvalue weighted by Gasteiger charge is -2.31. The highest BCUT2D eigenvalue weighted by molar-refractivity contribution is 5.78. The fourth-order valence-electron chi connectivity index (χ4n) is 3.91. The summed E-state index contributed by atoms with van der Waals surface area (Å²) in [5, 5.41) is 13.9. The number of aromatic nitrogens is 3. The molecule has 2 aromatic heterocycles. The number of amides is 1. The molecule has 1 aliphatic heterocycles. The number of nitrogens with one attached hydrogen (secondary N) is 2. The maximum Gasteiger partial charge on any atom is 0.417 e. The summed E-state index contributed by atoms with van der Waals surface area (Å²) >= 11 is 0. The van der Waals surface area contributed by atoms with E-state index in [4.69, 9.17) is 5.26 Å². The number of halogens is 6. The Morgan fingerprint density at radius 1 is 1.08 bits per heavy atom. The monoisotopic (exact) mass is 535 g/mol. The molecule has 0 spiro atoms. The van der Waals surface area contributed by atoms with Crippen LogP contribution in [0.3, 0.4) is 0 Å². The topological polar surface area (TPSA) is 107 Å². The van der Waals surface area contributed by atoms with Crippen molar-refractivity contribution in [2.45, 2.75) is 31.7 Å². The Bertz CT molecular complexity index is 1370. The molecule has 2 N–H and O–H groups in total. The molecular formula is C24H19F6N7O. The van der Waals surface area contributed by atoms with E-state index in [1.54, 1.807) is 28.4 Å². The van der Waals surface area contributed by atoms with Crippen LogP contribution in [0.5, 0.6) is 0 Å². The van der Waals surface area contributed by atoms with Crippen molar-refractivity contribution in [2.75, 3.05) is 23.3 Å². The highest BCUT2D eigenvalue weighted by atomic mass is 19.4. The van der Waals surface area contributed by atoms with Gasteiger partial charge in [0.25, 0.3) is 0 Å². The zero-order chi connectivity index (χ0) is 27.5. The molecule has 0 radical (unpaired) electrons. The van der Waals surface area contributed by atoms with Crippen molar-refractivity contribution < 1.29 is 31.1 Å². The molecular weight excluding hydrogens is 516 g/mol. The van der Waals surface area contributed by atoms with Gasteiger partial charge in [0, 0.05) is 24.0 Å². The minimum Gasteiger partial charge on any atom is -0.365 e. The van der Waals surface area contributed by atoms with Crippen molar-refractivity contribution in [2.24, 2.45) is 0 Å². The Kier molecular flexibility index (Phi) is 7.38. The van der Waals surface area contributed by atoms with E-state index >= 15 is 0 Å². The van der Waals surface area contributed by atoms with Gasteiger partial charge in [-0.25, -0.2) is 15.0 Å². The molecule has 14 heteroatoms. The Morgan fingerprint density at radius 3 is 2.53 bits per heavy atom. The number of nitriles is 1. The summed E-state index contributed by atoms with van der Waals surface area (Å²) in [6.45, 7) is -0.823. The summed E-state index contributed by atoms with van der Waals surface area (Å²) in [6.07, 6.45) is -6.35. The van der Waals surface area contributed by atoms with Crippen molar-refractivity contribution in [3.63, 3.8) is 0 Å². The molecule has 8 nitrogen and oxygen atoms in total. The normalized spacial score (nSPS) is 13.4. The average molecular weight is 535 g/mol. The van der Waals surface area contributed by atoms with Crippen LogP contribution in [0.4, 0.5) is 43.7 Å². The van der Waals surface area contributed by atoms with Crippen LogP contribution in [0.2, 0.25) is 0 Å². The molecule has 0 aliphatic carbocycles. The van der Waals surface area contributed by atoms with Crippen molar-refractivity contribution >= 4 is 23.2 Å². The van der Waals surface area contributed by atoms with E-state index in [0.717, 1.165) is 17.7 Å². The van der Waals surface area contributed by atoms with Gasteiger partial charge in [0.05, 0.1) is 35.9 Å². The number of nitrogens with zero attached hydrogens (tertiary/aromatic N) is 5. The van der Waals surface area contributed by atoms with Gasteiger partial charge in [-0.3, -0.25) is 4.79 Å². The Labute approximate surface area is 212 Å². The lowest BCUT2D eigenvalue weighted by molar-refractivity contribution is -0.138. The predicted molar refractivity (Wildman–Crippen MR) is 123 cm³/mol. The van der Waals surface area contributed by atoms with E-state index in [1.807, 2.05) is 0 Å². The van der Waals surface area contributed by atoms with Crippen LogP contribution in [0.25, 0.3) is 0 Å². The minimum absolute atomic E-state index is 0.217. The largest absolute Gasteiger partial charge is 0.417 e. The van der Waals surface area contributed by atoms with Gasteiger partial charge in [-0.15, -0.1) is 0 Å². The molecule has 0 unspecified atom stereocenters. The number of fused-ring (bicyclic) bond motifs is 1. The molecule has 4 rings (SSSR count). The highest BCUT2D eigenvalue weighted by Gasteiger charge is 2.34. The first-order valence-corrected chi connectivity index (χ1v) is 11.2. The maximum atomic E-state index is 13.4. The van der Waals surface area contributed by atoms with Gasteiger partial charge in [-0.05, 0) is 36.2 Å². The van der Waals surface area contributed by atoms with Gasteiger partial charge in [0.1, 0.15) is 24.5 Å². The van der Waals surface area contributed by atoms with Gasteiger partial charge < -0.3 is 15.5 Å². The molecule has 0 fully saturated rings. The molecule has 3 aromatic rings. The van der Waals surface area contributed by atoms with Crippen LogP contribution >= 0.6 is 0 Å². The van der Waals surface area contributed by atoms with Crippen molar-refractivity contribution in [1.82, 2.24) is 20.3 Å². The third kappa shape index (κ3) is 6.47. The van der Waals surface area contributed by atoms with Crippen LogP contribution in [-0.4, -0.2) is 40.1 Å².